The molecule has 2 aromatic carbocycles. The number of thioether (sulfide) groups is 1. The lowest BCUT2D eigenvalue weighted by molar-refractivity contribution is -0.134. The van der Waals surface area contributed by atoms with Gasteiger partial charge in [0.25, 0.3) is 5.91 Å². The van der Waals surface area contributed by atoms with Gasteiger partial charge in [-0.2, -0.15) is 0 Å². The summed E-state index contributed by atoms with van der Waals surface area (Å²) in [5.74, 6) is 0.594. The number of aromatic amines is 1. The van der Waals surface area contributed by atoms with Crippen LogP contribution in [0, 0.1) is 5.82 Å². The second-order valence-corrected chi connectivity index (χ2v) is 8.09. The first-order valence-electron chi connectivity index (χ1n) is 8.47. The molecule has 0 spiro atoms. The number of amides is 1. The molecule has 0 radical (unpaired) electrons. The number of rotatable bonds is 7. The van der Waals surface area contributed by atoms with Gasteiger partial charge in [0.2, 0.25) is 0 Å². The normalized spacial score (nSPS) is 11.6. The molecule has 3 aromatic rings. The number of hydrogen-bond acceptors (Lipinski definition) is 3. The summed E-state index contributed by atoms with van der Waals surface area (Å²) in [6, 6.07) is 11.3. The summed E-state index contributed by atoms with van der Waals surface area (Å²) in [6.45, 7) is 3.87. The van der Waals surface area contributed by atoms with E-state index in [9.17, 15) is 9.18 Å². The molecule has 0 unspecified atom stereocenters. The number of aromatic nitrogens is 1. The van der Waals surface area contributed by atoms with E-state index in [0.29, 0.717) is 23.1 Å². The summed E-state index contributed by atoms with van der Waals surface area (Å²) in [5.41, 5.74) is -0.0668. The second-order valence-electron chi connectivity index (χ2n) is 6.51. The van der Waals surface area contributed by atoms with E-state index in [4.69, 9.17) is 16.3 Å². The Kier molecular flexibility index (Phi) is 5.97. The van der Waals surface area contributed by atoms with Crippen molar-refractivity contribution in [3.05, 3.63) is 59.5 Å². The third-order valence-corrected chi connectivity index (χ3v) is 5.28. The van der Waals surface area contributed by atoms with E-state index >= 15 is 0 Å². The van der Waals surface area contributed by atoms with E-state index in [2.05, 4.69) is 10.3 Å². The fourth-order valence-corrected chi connectivity index (χ4v) is 3.65. The standard InChI is InChI=1S/C20H20ClFN2O2S/c1-20(2,26-15-6-4-14(22)5-7-15)19(25)23-9-10-27-18-12-24-17-11-13(21)3-8-16(17)18/h3-8,11-12,24H,9-10H2,1-2H3,(H,23,25). The Balaban J connectivity index is 1.50. The number of ether oxygens (including phenoxy) is 1. The van der Waals surface area contributed by atoms with Crippen molar-refractivity contribution >= 4 is 40.2 Å². The van der Waals surface area contributed by atoms with E-state index in [1.807, 2.05) is 24.4 Å². The summed E-state index contributed by atoms with van der Waals surface area (Å²) in [5, 5.41) is 4.68. The lowest BCUT2D eigenvalue weighted by atomic mass is 10.1. The minimum absolute atomic E-state index is 0.224. The molecule has 4 nitrogen and oxygen atoms in total. The van der Waals surface area contributed by atoms with E-state index in [0.717, 1.165) is 15.8 Å². The zero-order valence-corrected chi connectivity index (χ0v) is 16.6. The Hall–Kier alpha value is -2.18. The second kappa shape index (κ2) is 8.23. The van der Waals surface area contributed by atoms with E-state index in [-0.39, 0.29) is 11.7 Å². The van der Waals surface area contributed by atoms with Crippen molar-refractivity contribution in [2.75, 3.05) is 12.3 Å². The van der Waals surface area contributed by atoms with Crippen molar-refractivity contribution < 1.29 is 13.9 Å². The first-order chi connectivity index (χ1) is 12.8. The Morgan fingerprint density at radius 1 is 1.26 bits per heavy atom. The van der Waals surface area contributed by atoms with Gasteiger partial charge >= 0.3 is 0 Å². The highest BCUT2D eigenvalue weighted by Gasteiger charge is 2.29. The predicted octanol–water partition coefficient (Wildman–Crippen LogP) is 5.03. The predicted molar refractivity (Wildman–Crippen MR) is 108 cm³/mol. The number of benzene rings is 2. The van der Waals surface area contributed by atoms with Crippen LogP contribution in [0.5, 0.6) is 5.75 Å². The Bertz CT molecular complexity index is 941. The minimum Gasteiger partial charge on any atom is -0.478 e. The smallest absolute Gasteiger partial charge is 0.263 e. The maximum absolute atomic E-state index is 13.0. The highest BCUT2D eigenvalue weighted by molar-refractivity contribution is 7.99. The third-order valence-electron chi connectivity index (χ3n) is 3.98. The maximum atomic E-state index is 13.0. The minimum atomic E-state index is -1.06. The van der Waals surface area contributed by atoms with Crippen LogP contribution in [-0.2, 0) is 4.79 Å². The van der Waals surface area contributed by atoms with Crippen LogP contribution in [0.2, 0.25) is 5.02 Å². The SMILES string of the molecule is CC(C)(Oc1ccc(F)cc1)C(=O)NCCSc1c[nH]c2cc(Cl)ccc12. The van der Waals surface area contributed by atoms with Gasteiger partial charge in [-0.05, 0) is 50.2 Å². The molecule has 1 amide bonds. The van der Waals surface area contributed by atoms with Gasteiger partial charge in [-0.3, -0.25) is 4.79 Å². The van der Waals surface area contributed by atoms with Crippen LogP contribution in [0.4, 0.5) is 4.39 Å². The molecule has 0 saturated heterocycles. The average Bonchev–Trinajstić information content (AvgIpc) is 3.02. The monoisotopic (exact) mass is 406 g/mol. The maximum Gasteiger partial charge on any atom is 0.263 e. The van der Waals surface area contributed by atoms with Crippen molar-refractivity contribution in [2.24, 2.45) is 0 Å². The molecule has 1 heterocycles. The topological polar surface area (TPSA) is 54.1 Å². The average molecular weight is 407 g/mol. The molecule has 0 aliphatic heterocycles. The number of carbonyl (C=O) groups is 1. The molecular weight excluding hydrogens is 387 g/mol. The van der Waals surface area contributed by atoms with Gasteiger partial charge in [0, 0.05) is 39.3 Å². The molecule has 0 atom stereocenters. The number of H-pyrrole nitrogens is 1. The molecular formula is C20H20ClFN2O2S. The van der Waals surface area contributed by atoms with Crippen LogP contribution >= 0.6 is 23.4 Å². The highest BCUT2D eigenvalue weighted by atomic mass is 35.5. The van der Waals surface area contributed by atoms with Gasteiger partial charge in [0.1, 0.15) is 11.6 Å². The number of carbonyl (C=O) groups excluding carboxylic acids is 1. The fraction of sp³-hybridized carbons (Fsp3) is 0.250. The number of nitrogens with one attached hydrogen (secondary N) is 2. The lowest BCUT2D eigenvalue weighted by Crippen LogP contribution is -2.47. The van der Waals surface area contributed by atoms with Gasteiger partial charge in [0.15, 0.2) is 5.60 Å². The zero-order valence-electron chi connectivity index (χ0n) is 15.0. The number of fused-ring (bicyclic) bond motifs is 1. The van der Waals surface area contributed by atoms with Crippen LogP contribution in [0.15, 0.2) is 53.6 Å². The largest absolute Gasteiger partial charge is 0.478 e. The first kappa shape index (κ1) is 19.6. The van der Waals surface area contributed by atoms with E-state index in [1.54, 1.807) is 25.6 Å². The molecule has 0 aliphatic rings. The number of halogens is 2. The Morgan fingerprint density at radius 3 is 2.74 bits per heavy atom. The van der Waals surface area contributed by atoms with Gasteiger partial charge in [-0.1, -0.05) is 17.7 Å². The Morgan fingerprint density at radius 2 is 2.00 bits per heavy atom. The first-order valence-corrected chi connectivity index (χ1v) is 9.84. The third kappa shape index (κ3) is 4.96. The molecule has 7 heteroatoms. The summed E-state index contributed by atoms with van der Waals surface area (Å²) >= 11 is 7.64. The summed E-state index contributed by atoms with van der Waals surface area (Å²) < 4.78 is 18.7. The van der Waals surface area contributed by atoms with Crippen LogP contribution in [0.25, 0.3) is 10.9 Å². The van der Waals surface area contributed by atoms with Crippen molar-refractivity contribution in [3.63, 3.8) is 0 Å². The molecule has 2 N–H and O–H groups in total. The molecule has 0 bridgehead atoms. The van der Waals surface area contributed by atoms with Crippen molar-refractivity contribution in [1.82, 2.24) is 10.3 Å². The van der Waals surface area contributed by atoms with Crippen molar-refractivity contribution in [3.8, 4) is 5.75 Å². The van der Waals surface area contributed by atoms with E-state index < -0.39 is 5.60 Å². The zero-order chi connectivity index (χ0) is 19.4. The molecule has 142 valence electrons. The van der Waals surface area contributed by atoms with Crippen LogP contribution < -0.4 is 10.1 Å². The van der Waals surface area contributed by atoms with Gasteiger partial charge in [-0.25, -0.2) is 4.39 Å². The lowest BCUT2D eigenvalue weighted by Gasteiger charge is -2.25. The van der Waals surface area contributed by atoms with Gasteiger partial charge < -0.3 is 15.0 Å². The molecule has 1 aromatic heterocycles. The molecule has 0 aliphatic carbocycles. The van der Waals surface area contributed by atoms with Gasteiger partial charge in [-0.15, -0.1) is 11.8 Å². The number of hydrogen-bond donors (Lipinski definition) is 2. The van der Waals surface area contributed by atoms with Crippen LogP contribution in [-0.4, -0.2) is 28.8 Å². The van der Waals surface area contributed by atoms with Crippen LogP contribution in [0.3, 0.4) is 0 Å². The van der Waals surface area contributed by atoms with Crippen LogP contribution in [0.1, 0.15) is 13.8 Å². The van der Waals surface area contributed by atoms with Crippen molar-refractivity contribution in [2.45, 2.75) is 24.3 Å². The van der Waals surface area contributed by atoms with Gasteiger partial charge in [0.05, 0.1) is 0 Å². The summed E-state index contributed by atoms with van der Waals surface area (Å²) in [4.78, 5) is 16.7. The van der Waals surface area contributed by atoms with Crippen molar-refractivity contribution in [1.29, 1.82) is 0 Å². The Labute approximate surface area is 166 Å². The molecule has 0 fully saturated rings. The highest BCUT2D eigenvalue weighted by Crippen LogP contribution is 2.29. The molecule has 3 rings (SSSR count). The quantitative estimate of drug-likeness (QED) is 0.427. The van der Waals surface area contributed by atoms with E-state index in [1.165, 1.54) is 24.3 Å². The molecule has 27 heavy (non-hydrogen) atoms. The fourth-order valence-electron chi connectivity index (χ4n) is 2.57. The molecule has 0 saturated carbocycles. The summed E-state index contributed by atoms with van der Waals surface area (Å²) in [7, 11) is 0. The summed E-state index contributed by atoms with van der Waals surface area (Å²) in [6.07, 6.45) is 1.94.